The van der Waals surface area contributed by atoms with E-state index in [1.165, 1.54) is 38.4 Å². The van der Waals surface area contributed by atoms with Gasteiger partial charge < -0.3 is 131 Å². The summed E-state index contributed by atoms with van der Waals surface area (Å²) in [4.78, 5) is 65.8. The van der Waals surface area contributed by atoms with Crippen LogP contribution >= 0.6 is 0 Å². The van der Waals surface area contributed by atoms with Gasteiger partial charge in [0, 0.05) is 94.6 Å². The molecular formula is C53H71N5O29Y. The number of carbonyl (C=O) groups excluding carboxylic acids is 4. The largest absolute Gasteiger partial charge is 0.507 e. The number of aliphatic hydroxyl groups is 14. The SMILES string of the molecule is COc1cccc2c1C(=O)c1c(O)c3c(c(O)c1C2=O)CC(O)(C(=O)CO)CC3OC1CC(NCC(O)C(O)C(O)C(O)COCc2cn(CC(O)C(O)C3OC(OCC4OC(O)C(O)C(O)C4O)(C(=O)O)CC(O)C3NC(C)=O)nn2)C(O)C(C)O1.[Y]. The monoisotopic (exact) mass is 1330 g/mol. The number of fused-ring (bicyclic) bond motifs is 3. The van der Waals surface area contributed by atoms with Crippen molar-refractivity contribution in [3.05, 3.63) is 63.5 Å². The Balaban J connectivity index is 0.0000110. The molecule has 2 aliphatic carbocycles. The molecule has 8 rings (SSSR count). The van der Waals surface area contributed by atoms with Gasteiger partial charge in [0.25, 0.3) is 5.79 Å². The van der Waals surface area contributed by atoms with E-state index in [1.54, 1.807) is 0 Å². The average Bonchev–Trinajstić information content (AvgIpc) is 0.814. The number of aliphatic hydroxyl groups excluding tert-OH is 13. The van der Waals surface area contributed by atoms with Gasteiger partial charge in [-0.15, -0.1) is 5.10 Å². The van der Waals surface area contributed by atoms with Crippen molar-refractivity contribution in [1.82, 2.24) is 25.6 Å². The predicted molar refractivity (Wildman–Crippen MR) is 280 cm³/mol. The van der Waals surface area contributed by atoms with Crippen LogP contribution in [0.1, 0.15) is 87.9 Å². The van der Waals surface area contributed by atoms with Crippen molar-refractivity contribution in [2.24, 2.45) is 0 Å². The van der Waals surface area contributed by atoms with E-state index >= 15 is 0 Å². The summed E-state index contributed by atoms with van der Waals surface area (Å²) in [5.74, 6) is -10.1. The van der Waals surface area contributed by atoms with E-state index in [1.807, 2.05) is 0 Å². The number of nitrogens with one attached hydrogen (secondary N) is 2. The molecule has 5 aliphatic rings. The molecule has 0 saturated carbocycles. The summed E-state index contributed by atoms with van der Waals surface area (Å²) in [5.41, 5.74) is -4.66. The van der Waals surface area contributed by atoms with Crippen LogP contribution in [-0.2, 0) is 95.1 Å². The molecule has 1 radical (unpaired) electrons. The zero-order valence-electron chi connectivity index (χ0n) is 47.3. The molecule has 3 saturated heterocycles. The summed E-state index contributed by atoms with van der Waals surface area (Å²) >= 11 is 0. The Bertz CT molecular complexity index is 3020. The van der Waals surface area contributed by atoms with Gasteiger partial charge in [0.1, 0.15) is 96.2 Å². The molecule has 0 spiro atoms. The molecule has 35 heteroatoms. The minimum atomic E-state index is -2.87. The molecule has 21 unspecified atom stereocenters. The number of carboxylic acid groups (broad SMARTS) is 1. The van der Waals surface area contributed by atoms with Gasteiger partial charge in [-0.2, -0.15) is 0 Å². The van der Waals surface area contributed by atoms with Crippen LogP contribution in [0.2, 0.25) is 0 Å². The van der Waals surface area contributed by atoms with Crippen LogP contribution in [0.5, 0.6) is 17.2 Å². The Morgan fingerprint density at radius 3 is 2.22 bits per heavy atom. The van der Waals surface area contributed by atoms with E-state index in [2.05, 4.69) is 20.9 Å². The molecule has 88 heavy (non-hydrogen) atoms. The zero-order chi connectivity index (χ0) is 63.9. The number of phenols is 2. The number of carbonyl (C=O) groups is 5. The number of Topliss-reactive ketones (excluding diaryl/α,β-unsaturated/α-hetero) is 1. The van der Waals surface area contributed by atoms with E-state index in [4.69, 9.17) is 33.2 Å². The maximum atomic E-state index is 14.1. The number of aliphatic carboxylic acids is 1. The van der Waals surface area contributed by atoms with Gasteiger partial charge >= 0.3 is 5.97 Å². The summed E-state index contributed by atoms with van der Waals surface area (Å²) in [6, 6.07) is 1.53. The number of phenolic OH excluding ortho intramolecular Hbond substituents is 2. The van der Waals surface area contributed by atoms with Gasteiger partial charge in [-0.05, 0) is 13.0 Å². The minimum absolute atomic E-state index is 0. The summed E-state index contributed by atoms with van der Waals surface area (Å²) in [5, 5.41) is 196. The quantitative estimate of drug-likeness (QED) is 0.0290. The number of ether oxygens (including phenoxy) is 7. The molecule has 3 aromatic rings. The topological polar surface area (TPSA) is 549 Å². The second-order valence-corrected chi connectivity index (χ2v) is 22.1. The Morgan fingerprint density at radius 2 is 1.56 bits per heavy atom. The number of aromatic hydroxyl groups is 2. The van der Waals surface area contributed by atoms with Gasteiger partial charge in [-0.1, -0.05) is 17.3 Å². The minimum Gasteiger partial charge on any atom is -0.507 e. The van der Waals surface area contributed by atoms with Gasteiger partial charge in [-0.25, -0.2) is 9.48 Å². The van der Waals surface area contributed by atoms with E-state index in [-0.39, 0.29) is 72.8 Å². The molecule has 1 aromatic heterocycles. The van der Waals surface area contributed by atoms with Crippen molar-refractivity contribution >= 4 is 29.2 Å². The van der Waals surface area contributed by atoms with Gasteiger partial charge in [0.05, 0.1) is 92.9 Å². The molecule has 0 bridgehead atoms. The Hall–Kier alpha value is -4.81. The summed E-state index contributed by atoms with van der Waals surface area (Å²) in [7, 11) is 1.26. The Labute approximate surface area is 523 Å². The number of ketones is 3. The number of hydrogen-bond donors (Lipinski definition) is 19. The molecule has 485 valence electrons. The number of benzene rings is 2. The van der Waals surface area contributed by atoms with E-state index in [9.17, 15) is 111 Å². The van der Waals surface area contributed by atoms with Crippen molar-refractivity contribution in [3.63, 3.8) is 0 Å². The predicted octanol–water partition coefficient (Wildman–Crippen LogP) is -8.14. The number of aromatic nitrogens is 3. The molecule has 19 N–H and O–H groups in total. The van der Waals surface area contributed by atoms with Crippen LogP contribution in [0, 0.1) is 0 Å². The average molecular weight is 1330 g/mol. The van der Waals surface area contributed by atoms with E-state index in [0.29, 0.717) is 0 Å². The molecule has 3 aliphatic heterocycles. The van der Waals surface area contributed by atoms with Crippen LogP contribution in [0.3, 0.4) is 0 Å². The van der Waals surface area contributed by atoms with Crippen LogP contribution in [0.15, 0.2) is 24.4 Å². The molecule has 3 fully saturated rings. The number of methoxy groups -OCH3 is 1. The smallest absolute Gasteiger partial charge is 0.364 e. The molecule has 34 nitrogen and oxygen atoms in total. The fraction of sp³-hybridized carbons (Fsp3) is 0.642. The number of carboxylic acids is 1. The third-order valence-electron chi connectivity index (χ3n) is 16.2. The summed E-state index contributed by atoms with van der Waals surface area (Å²) < 4.78 is 40.0. The number of hydrogen-bond acceptors (Lipinski definition) is 31. The van der Waals surface area contributed by atoms with Crippen molar-refractivity contribution in [2.45, 2.75) is 180 Å². The fourth-order valence-corrected chi connectivity index (χ4v) is 11.4. The molecular weight excluding hydrogens is 1260 g/mol. The first-order chi connectivity index (χ1) is 41.0. The first kappa shape index (κ1) is 70.6. The van der Waals surface area contributed by atoms with Crippen molar-refractivity contribution in [1.29, 1.82) is 0 Å². The summed E-state index contributed by atoms with van der Waals surface area (Å²) in [6.07, 6.45) is -32.1. The second-order valence-electron chi connectivity index (χ2n) is 22.1. The standard InChI is InChI=1S/C53H71N5O29.Y/c1-18-38(66)23(7-32(84-18)85-29-10-52(80,31(65)14-59)8-22-34(29)46(74)36-35(40(22)68)39(67)21-5-4-6-28(81-3)33(21)45(36)73)54-11-25(62)41(69)42(70)27(64)16-82-15-20-12-58(57-56-20)13-26(63)43(71)49-37(55-19(2)60)24(61)9-53(87-49,51(78)79)83-17-30-44(72)47(75)48(76)50(77)86-30;/h4-6,12,18,23-27,29-30,32,37-38,41-44,47-50,54,59,61-64,66,68-72,74-77,80H,7-11,13-17H2,1-3H3,(H,55,60)(H,78,79);. The van der Waals surface area contributed by atoms with Gasteiger partial charge in [0.15, 0.2) is 24.1 Å². The maximum absolute atomic E-state index is 14.1. The van der Waals surface area contributed by atoms with E-state index < -0.39 is 238 Å². The first-order valence-electron chi connectivity index (χ1n) is 27.4. The number of nitrogens with zero attached hydrogens (tertiary/aromatic N) is 3. The fourth-order valence-electron chi connectivity index (χ4n) is 11.4. The second kappa shape index (κ2) is 28.8. The maximum Gasteiger partial charge on any atom is 0.364 e. The van der Waals surface area contributed by atoms with Crippen LogP contribution < -0.4 is 15.4 Å². The number of rotatable bonds is 24. The van der Waals surface area contributed by atoms with Crippen molar-refractivity contribution in [2.75, 3.05) is 33.5 Å². The zero-order valence-corrected chi connectivity index (χ0v) is 50.1. The number of amides is 1. The molecule has 2 aromatic carbocycles. The van der Waals surface area contributed by atoms with Crippen LogP contribution in [-0.4, -0.2) is 286 Å². The Kier molecular flexibility index (Phi) is 23.1. The van der Waals surface area contributed by atoms with Gasteiger partial charge in [-0.3, -0.25) is 19.2 Å². The van der Waals surface area contributed by atoms with Crippen LogP contribution in [0.25, 0.3) is 0 Å². The Morgan fingerprint density at radius 1 is 0.875 bits per heavy atom. The third kappa shape index (κ3) is 14.3. The normalized spacial score (nSPS) is 32.4. The van der Waals surface area contributed by atoms with E-state index in [0.717, 1.165) is 11.6 Å². The molecule has 4 heterocycles. The molecule has 1 amide bonds. The summed E-state index contributed by atoms with van der Waals surface area (Å²) in [6.45, 7) is -1.94. The molecule has 21 atom stereocenters. The van der Waals surface area contributed by atoms with Gasteiger partial charge in [0.2, 0.25) is 11.7 Å². The van der Waals surface area contributed by atoms with Crippen molar-refractivity contribution in [3.8, 4) is 17.2 Å². The van der Waals surface area contributed by atoms with Crippen molar-refractivity contribution < 1.29 is 177 Å². The van der Waals surface area contributed by atoms with Crippen LogP contribution in [0.4, 0.5) is 0 Å². The third-order valence-corrected chi connectivity index (χ3v) is 16.2. The first-order valence-corrected chi connectivity index (χ1v) is 27.4.